The van der Waals surface area contributed by atoms with Crippen LogP contribution in [-0.4, -0.2) is 49.0 Å². The van der Waals surface area contributed by atoms with E-state index in [4.69, 9.17) is 0 Å². The standard InChI is InChI=1S/C33H38F3N3O3S/c1-23(26-7-11-29(34)12-8-26)38-32(40)28-5-2-24(3-6-28)16-19-43(41,42)30-13-9-27(10-14-30)31-15-4-25(20-37-31)21-39-18-17-33(35,36)22-39/h4,7-15,20,23-24,28H,2-3,5-6,16-19,21-22H2,1H3,(H,38,40). The topological polar surface area (TPSA) is 79.4 Å². The van der Waals surface area contributed by atoms with E-state index in [2.05, 4.69) is 10.3 Å². The number of alkyl halides is 2. The Kier molecular flexibility index (Phi) is 9.56. The van der Waals surface area contributed by atoms with Crippen LogP contribution in [0.1, 0.15) is 62.6 Å². The van der Waals surface area contributed by atoms with Gasteiger partial charge >= 0.3 is 0 Å². The summed E-state index contributed by atoms with van der Waals surface area (Å²) in [6.45, 7) is 2.43. The summed E-state index contributed by atoms with van der Waals surface area (Å²) in [6.07, 6.45) is 5.17. The third-order valence-corrected chi connectivity index (χ3v) is 10.5. The van der Waals surface area contributed by atoms with Crippen LogP contribution >= 0.6 is 0 Å². The van der Waals surface area contributed by atoms with E-state index in [0.717, 1.165) is 42.4 Å². The van der Waals surface area contributed by atoms with E-state index in [1.165, 1.54) is 12.1 Å². The van der Waals surface area contributed by atoms with Gasteiger partial charge in [-0.3, -0.25) is 14.7 Å². The number of halogens is 3. The van der Waals surface area contributed by atoms with Crippen LogP contribution < -0.4 is 5.32 Å². The van der Waals surface area contributed by atoms with Crippen LogP contribution in [0.15, 0.2) is 71.8 Å². The van der Waals surface area contributed by atoms with Crippen LogP contribution in [0.3, 0.4) is 0 Å². The number of hydrogen-bond acceptors (Lipinski definition) is 5. The van der Waals surface area contributed by atoms with Crippen LogP contribution in [0.25, 0.3) is 11.3 Å². The van der Waals surface area contributed by atoms with Gasteiger partial charge in [-0.25, -0.2) is 21.6 Å². The Morgan fingerprint density at radius 1 is 1.02 bits per heavy atom. The molecule has 1 N–H and O–H groups in total. The van der Waals surface area contributed by atoms with Crippen molar-refractivity contribution in [1.29, 1.82) is 0 Å². The summed E-state index contributed by atoms with van der Waals surface area (Å²) >= 11 is 0. The number of carbonyl (C=O) groups is 1. The minimum atomic E-state index is -3.46. The fourth-order valence-corrected chi connectivity index (χ4v) is 7.47. The van der Waals surface area contributed by atoms with Gasteiger partial charge in [0.05, 0.1) is 28.9 Å². The summed E-state index contributed by atoms with van der Waals surface area (Å²) in [6, 6.07) is 16.3. The second kappa shape index (κ2) is 13.2. The molecule has 230 valence electrons. The first-order valence-electron chi connectivity index (χ1n) is 14.9. The van der Waals surface area contributed by atoms with Crippen LogP contribution in [0.4, 0.5) is 13.2 Å². The zero-order chi connectivity index (χ0) is 30.6. The maximum absolute atomic E-state index is 13.5. The number of pyridine rings is 1. The lowest BCUT2D eigenvalue weighted by atomic mass is 9.80. The molecule has 1 aromatic heterocycles. The van der Waals surface area contributed by atoms with Crippen LogP contribution in [0, 0.1) is 17.7 Å². The molecule has 2 aromatic carbocycles. The van der Waals surface area contributed by atoms with E-state index in [1.54, 1.807) is 47.5 Å². The van der Waals surface area contributed by atoms with Gasteiger partial charge in [0, 0.05) is 37.2 Å². The number of amides is 1. The average Bonchev–Trinajstić information content (AvgIpc) is 3.34. The number of aromatic nitrogens is 1. The van der Waals surface area contributed by atoms with E-state index in [1.807, 2.05) is 19.1 Å². The lowest BCUT2D eigenvalue weighted by molar-refractivity contribution is -0.126. The van der Waals surface area contributed by atoms with Crippen molar-refractivity contribution in [3.05, 3.63) is 83.8 Å². The molecule has 2 heterocycles. The van der Waals surface area contributed by atoms with Crippen molar-refractivity contribution in [1.82, 2.24) is 15.2 Å². The molecule has 3 aromatic rings. The van der Waals surface area contributed by atoms with Crippen molar-refractivity contribution in [2.24, 2.45) is 11.8 Å². The van der Waals surface area contributed by atoms with Crippen LogP contribution in [0.2, 0.25) is 0 Å². The number of likely N-dealkylation sites (tertiary alicyclic amines) is 1. The van der Waals surface area contributed by atoms with E-state index < -0.39 is 15.8 Å². The first-order valence-corrected chi connectivity index (χ1v) is 16.6. The summed E-state index contributed by atoms with van der Waals surface area (Å²) < 4.78 is 66.2. The van der Waals surface area contributed by atoms with Gasteiger partial charge in [0.25, 0.3) is 5.92 Å². The third-order valence-electron chi connectivity index (χ3n) is 8.73. The van der Waals surface area contributed by atoms with Gasteiger partial charge in [-0.05, 0) is 86.4 Å². The number of benzene rings is 2. The molecule has 0 spiro atoms. The average molecular weight is 614 g/mol. The molecule has 43 heavy (non-hydrogen) atoms. The molecule has 1 amide bonds. The minimum absolute atomic E-state index is 0.0108. The maximum atomic E-state index is 13.5. The number of rotatable bonds is 10. The molecule has 2 aliphatic rings. The molecule has 6 nitrogen and oxygen atoms in total. The van der Waals surface area contributed by atoms with Crippen molar-refractivity contribution >= 4 is 15.7 Å². The molecule has 1 saturated carbocycles. The Balaban J connectivity index is 1.07. The Hall–Kier alpha value is -3.24. The van der Waals surface area contributed by atoms with Crippen molar-refractivity contribution in [2.75, 3.05) is 18.8 Å². The predicted molar refractivity (Wildman–Crippen MR) is 160 cm³/mol. The summed E-state index contributed by atoms with van der Waals surface area (Å²) in [5, 5.41) is 3.03. The SMILES string of the molecule is CC(NC(=O)C1CCC(CCS(=O)(=O)c2ccc(-c3ccc(CN4CCC(F)(F)C4)cn3)cc2)CC1)c1ccc(F)cc1. The predicted octanol–water partition coefficient (Wildman–Crippen LogP) is 6.58. The lowest BCUT2D eigenvalue weighted by Crippen LogP contribution is -2.35. The molecule has 1 atom stereocenters. The Labute approximate surface area is 251 Å². The lowest BCUT2D eigenvalue weighted by Gasteiger charge is -2.28. The van der Waals surface area contributed by atoms with Gasteiger partial charge in [-0.1, -0.05) is 30.3 Å². The first-order chi connectivity index (χ1) is 20.5. The van der Waals surface area contributed by atoms with Gasteiger partial charge < -0.3 is 5.32 Å². The van der Waals surface area contributed by atoms with Crippen LogP contribution in [0.5, 0.6) is 0 Å². The van der Waals surface area contributed by atoms with E-state index in [9.17, 15) is 26.4 Å². The Morgan fingerprint density at radius 3 is 2.33 bits per heavy atom. The molecule has 10 heteroatoms. The van der Waals surface area contributed by atoms with Gasteiger partial charge in [-0.2, -0.15) is 0 Å². The van der Waals surface area contributed by atoms with Crippen molar-refractivity contribution < 1.29 is 26.4 Å². The second-order valence-electron chi connectivity index (χ2n) is 12.0. The van der Waals surface area contributed by atoms with Crippen molar-refractivity contribution in [3.8, 4) is 11.3 Å². The normalized spacial score (nSPS) is 21.4. The first kappa shape index (κ1) is 31.2. The summed E-state index contributed by atoms with van der Waals surface area (Å²) in [5.74, 6) is -2.74. The highest BCUT2D eigenvalue weighted by atomic mass is 32.2. The molecular weight excluding hydrogens is 575 g/mol. The fraction of sp³-hybridized carbons (Fsp3) is 0.455. The van der Waals surface area contributed by atoms with E-state index in [-0.39, 0.29) is 53.2 Å². The van der Waals surface area contributed by atoms with Crippen molar-refractivity contribution in [2.45, 2.75) is 68.9 Å². The third kappa shape index (κ3) is 8.23. The summed E-state index contributed by atoms with van der Waals surface area (Å²) in [5.41, 5.74) is 3.17. The molecule has 5 rings (SSSR count). The molecule has 2 fully saturated rings. The van der Waals surface area contributed by atoms with Crippen LogP contribution in [-0.2, 0) is 21.2 Å². The van der Waals surface area contributed by atoms with E-state index in [0.29, 0.717) is 25.2 Å². The number of carbonyl (C=O) groups excluding carboxylic acids is 1. The van der Waals surface area contributed by atoms with Gasteiger partial charge in [-0.15, -0.1) is 0 Å². The largest absolute Gasteiger partial charge is 0.349 e. The highest BCUT2D eigenvalue weighted by molar-refractivity contribution is 7.91. The number of hydrogen-bond donors (Lipinski definition) is 1. The number of nitrogens with zero attached hydrogens (tertiary/aromatic N) is 2. The molecule has 1 aliphatic heterocycles. The highest BCUT2D eigenvalue weighted by Crippen LogP contribution is 2.33. The zero-order valence-corrected chi connectivity index (χ0v) is 25.1. The molecular formula is C33H38F3N3O3S. The van der Waals surface area contributed by atoms with Crippen molar-refractivity contribution in [3.63, 3.8) is 0 Å². The monoisotopic (exact) mass is 613 g/mol. The van der Waals surface area contributed by atoms with E-state index >= 15 is 0 Å². The molecule has 0 bridgehead atoms. The molecule has 1 aliphatic carbocycles. The Morgan fingerprint density at radius 2 is 1.72 bits per heavy atom. The van der Waals surface area contributed by atoms with Gasteiger partial charge in [0.15, 0.2) is 9.84 Å². The number of nitrogens with one attached hydrogen (secondary N) is 1. The fourth-order valence-electron chi connectivity index (χ4n) is 6.04. The molecule has 1 saturated heterocycles. The summed E-state index contributed by atoms with van der Waals surface area (Å²) in [4.78, 5) is 19.2. The van der Waals surface area contributed by atoms with Gasteiger partial charge in [0.2, 0.25) is 5.91 Å². The molecule has 0 radical (unpaired) electrons. The molecule has 1 unspecified atom stereocenters. The zero-order valence-electron chi connectivity index (χ0n) is 24.3. The highest BCUT2D eigenvalue weighted by Gasteiger charge is 2.38. The minimum Gasteiger partial charge on any atom is -0.349 e. The maximum Gasteiger partial charge on any atom is 0.261 e. The van der Waals surface area contributed by atoms with Gasteiger partial charge in [0.1, 0.15) is 5.82 Å². The summed E-state index contributed by atoms with van der Waals surface area (Å²) in [7, 11) is -3.46. The number of sulfone groups is 1. The Bertz CT molecular complexity index is 1490. The quantitative estimate of drug-likeness (QED) is 0.280. The smallest absolute Gasteiger partial charge is 0.261 e. The second-order valence-corrected chi connectivity index (χ2v) is 14.1.